The van der Waals surface area contributed by atoms with Gasteiger partial charge in [-0.3, -0.25) is 0 Å². The van der Waals surface area contributed by atoms with Crippen LogP contribution in [0.5, 0.6) is 5.75 Å². The summed E-state index contributed by atoms with van der Waals surface area (Å²) in [6, 6.07) is 7.63. The Labute approximate surface area is 82.6 Å². The average molecular weight is 190 g/mol. The zero-order chi connectivity index (χ0) is 10.1. The molecule has 1 aromatic heterocycles. The van der Waals surface area contributed by atoms with Gasteiger partial charge in [0.25, 0.3) is 0 Å². The number of aromatic hydroxyl groups is 1. The van der Waals surface area contributed by atoms with E-state index in [1.54, 1.807) is 6.07 Å². The van der Waals surface area contributed by atoms with Crippen LogP contribution in [0.25, 0.3) is 10.9 Å². The molecule has 74 valence electrons. The number of aromatic amines is 1. The van der Waals surface area contributed by atoms with E-state index >= 15 is 0 Å². The smallest absolute Gasteiger partial charge is 0.139 e. The molecule has 3 heteroatoms. The Balaban J connectivity index is 2.46. The fraction of sp³-hybridized carbons (Fsp3) is 0.273. The standard InChI is InChI=1S/C11H14N2O/c1-7(12)5-9-6-8-3-2-4-10(14)11(8)13-9/h2-4,6-7,13-14H,5,12H2,1H3. The first-order valence-corrected chi connectivity index (χ1v) is 4.72. The predicted molar refractivity (Wildman–Crippen MR) is 57.3 cm³/mol. The molecule has 0 aliphatic carbocycles. The fourth-order valence-electron chi connectivity index (χ4n) is 1.66. The van der Waals surface area contributed by atoms with Crippen LogP contribution in [0.4, 0.5) is 0 Å². The van der Waals surface area contributed by atoms with Crippen molar-refractivity contribution in [3.05, 3.63) is 30.0 Å². The predicted octanol–water partition coefficient (Wildman–Crippen LogP) is 1.76. The van der Waals surface area contributed by atoms with E-state index in [1.165, 1.54) is 0 Å². The number of hydrogen-bond donors (Lipinski definition) is 3. The molecular formula is C11H14N2O. The quantitative estimate of drug-likeness (QED) is 0.675. The Kier molecular flexibility index (Phi) is 2.17. The number of aromatic nitrogens is 1. The largest absolute Gasteiger partial charge is 0.506 e. The zero-order valence-corrected chi connectivity index (χ0v) is 8.12. The van der Waals surface area contributed by atoms with Crippen LogP contribution < -0.4 is 5.73 Å². The summed E-state index contributed by atoms with van der Waals surface area (Å²) in [6.07, 6.45) is 0.800. The van der Waals surface area contributed by atoms with Gasteiger partial charge in [-0.1, -0.05) is 12.1 Å². The van der Waals surface area contributed by atoms with Gasteiger partial charge in [0.2, 0.25) is 0 Å². The van der Waals surface area contributed by atoms with Crippen molar-refractivity contribution in [2.24, 2.45) is 5.73 Å². The minimum Gasteiger partial charge on any atom is -0.506 e. The normalized spacial score (nSPS) is 13.3. The number of rotatable bonds is 2. The molecule has 0 fully saturated rings. The molecular weight excluding hydrogens is 176 g/mol. The highest BCUT2D eigenvalue weighted by atomic mass is 16.3. The third-order valence-corrected chi connectivity index (χ3v) is 2.23. The number of fused-ring (bicyclic) bond motifs is 1. The maximum Gasteiger partial charge on any atom is 0.139 e. The molecule has 14 heavy (non-hydrogen) atoms. The second kappa shape index (κ2) is 3.35. The molecule has 2 aromatic rings. The highest BCUT2D eigenvalue weighted by Gasteiger charge is 2.05. The van der Waals surface area contributed by atoms with Crippen LogP contribution in [0.2, 0.25) is 0 Å². The summed E-state index contributed by atoms with van der Waals surface area (Å²) >= 11 is 0. The van der Waals surface area contributed by atoms with E-state index < -0.39 is 0 Å². The first kappa shape index (κ1) is 9.09. The van der Waals surface area contributed by atoms with Crippen molar-refractivity contribution in [3.63, 3.8) is 0 Å². The molecule has 4 N–H and O–H groups in total. The number of phenols is 1. The minimum atomic E-state index is 0.130. The van der Waals surface area contributed by atoms with E-state index in [9.17, 15) is 5.11 Å². The molecule has 0 spiro atoms. The van der Waals surface area contributed by atoms with E-state index in [2.05, 4.69) is 4.98 Å². The van der Waals surface area contributed by atoms with Crippen molar-refractivity contribution in [1.29, 1.82) is 0 Å². The summed E-state index contributed by atoms with van der Waals surface area (Å²) in [5, 5.41) is 10.6. The van der Waals surface area contributed by atoms with E-state index in [-0.39, 0.29) is 6.04 Å². The molecule has 0 aliphatic rings. The fourth-order valence-corrected chi connectivity index (χ4v) is 1.66. The SMILES string of the molecule is CC(N)Cc1cc2cccc(O)c2[nH]1. The molecule has 0 radical (unpaired) electrons. The van der Waals surface area contributed by atoms with Gasteiger partial charge in [0.15, 0.2) is 0 Å². The number of nitrogens with one attached hydrogen (secondary N) is 1. The maximum atomic E-state index is 9.56. The molecule has 0 aliphatic heterocycles. The molecule has 2 rings (SSSR count). The molecule has 3 nitrogen and oxygen atoms in total. The number of H-pyrrole nitrogens is 1. The number of benzene rings is 1. The average Bonchev–Trinajstić information content (AvgIpc) is 2.47. The van der Waals surface area contributed by atoms with Gasteiger partial charge in [-0.05, 0) is 19.1 Å². The summed E-state index contributed by atoms with van der Waals surface area (Å²) in [5.41, 5.74) is 7.56. The van der Waals surface area contributed by atoms with Gasteiger partial charge in [0.1, 0.15) is 5.75 Å². The van der Waals surface area contributed by atoms with E-state index in [0.29, 0.717) is 5.75 Å². The highest BCUT2D eigenvalue weighted by Crippen LogP contribution is 2.24. The molecule has 1 aromatic carbocycles. The molecule has 0 saturated carbocycles. The van der Waals surface area contributed by atoms with E-state index in [4.69, 9.17) is 5.73 Å². The summed E-state index contributed by atoms with van der Waals surface area (Å²) in [5.74, 6) is 0.290. The minimum absolute atomic E-state index is 0.130. The van der Waals surface area contributed by atoms with Gasteiger partial charge in [-0.2, -0.15) is 0 Å². The Bertz CT molecular complexity index is 445. The first-order chi connectivity index (χ1) is 6.66. The number of hydrogen-bond acceptors (Lipinski definition) is 2. The van der Waals surface area contributed by atoms with Crippen molar-refractivity contribution in [2.45, 2.75) is 19.4 Å². The summed E-state index contributed by atoms with van der Waals surface area (Å²) in [4.78, 5) is 3.17. The monoisotopic (exact) mass is 190 g/mol. The Hall–Kier alpha value is -1.48. The van der Waals surface area contributed by atoms with Gasteiger partial charge in [-0.15, -0.1) is 0 Å². The molecule has 1 unspecified atom stereocenters. The van der Waals surface area contributed by atoms with Crippen molar-refractivity contribution in [2.75, 3.05) is 0 Å². The number of nitrogens with two attached hydrogens (primary N) is 1. The van der Waals surface area contributed by atoms with Gasteiger partial charge in [0, 0.05) is 23.5 Å². The third kappa shape index (κ3) is 1.59. The topological polar surface area (TPSA) is 62.0 Å². The van der Waals surface area contributed by atoms with Crippen LogP contribution in [0.3, 0.4) is 0 Å². The van der Waals surface area contributed by atoms with Crippen LogP contribution in [-0.4, -0.2) is 16.1 Å². The van der Waals surface area contributed by atoms with Crippen LogP contribution in [0, 0.1) is 0 Å². The lowest BCUT2D eigenvalue weighted by Crippen LogP contribution is -2.17. The van der Waals surface area contributed by atoms with Gasteiger partial charge >= 0.3 is 0 Å². The lowest BCUT2D eigenvalue weighted by atomic mass is 10.2. The van der Waals surface area contributed by atoms with Crippen LogP contribution in [-0.2, 0) is 6.42 Å². The van der Waals surface area contributed by atoms with Gasteiger partial charge in [0.05, 0.1) is 5.52 Å². The summed E-state index contributed by atoms with van der Waals surface area (Å²) < 4.78 is 0. The molecule has 0 bridgehead atoms. The first-order valence-electron chi connectivity index (χ1n) is 4.72. The molecule has 0 saturated heterocycles. The number of phenolic OH excluding ortho intramolecular Hbond substituents is 1. The summed E-state index contributed by atoms with van der Waals surface area (Å²) in [6.45, 7) is 1.96. The maximum absolute atomic E-state index is 9.56. The Morgan fingerprint density at radius 3 is 2.93 bits per heavy atom. The van der Waals surface area contributed by atoms with Gasteiger partial charge in [-0.25, -0.2) is 0 Å². The molecule has 1 heterocycles. The van der Waals surface area contributed by atoms with Crippen LogP contribution in [0.15, 0.2) is 24.3 Å². The second-order valence-electron chi connectivity index (χ2n) is 3.72. The Morgan fingerprint density at radius 1 is 1.50 bits per heavy atom. The second-order valence-corrected chi connectivity index (χ2v) is 3.72. The third-order valence-electron chi connectivity index (χ3n) is 2.23. The lowest BCUT2D eigenvalue weighted by Gasteiger charge is -2.00. The van der Waals surface area contributed by atoms with E-state index in [0.717, 1.165) is 23.0 Å². The molecule has 1 atom stereocenters. The van der Waals surface area contributed by atoms with Crippen molar-refractivity contribution < 1.29 is 5.11 Å². The molecule has 0 amide bonds. The summed E-state index contributed by atoms with van der Waals surface area (Å²) in [7, 11) is 0. The van der Waals surface area contributed by atoms with Crippen molar-refractivity contribution >= 4 is 10.9 Å². The van der Waals surface area contributed by atoms with E-state index in [1.807, 2.05) is 25.1 Å². The highest BCUT2D eigenvalue weighted by molar-refractivity contribution is 5.85. The Morgan fingerprint density at radius 2 is 2.29 bits per heavy atom. The van der Waals surface area contributed by atoms with Crippen molar-refractivity contribution in [1.82, 2.24) is 4.98 Å². The number of para-hydroxylation sites is 1. The lowest BCUT2D eigenvalue weighted by molar-refractivity contribution is 0.480. The zero-order valence-electron chi connectivity index (χ0n) is 8.12. The van der Waals surface area contributed by atoms with Crippen LogP contribution >= 0.6 is 0 Å². The van der Waals surface area contributed by atoms with Crippen LogP contribution in [0.1, 0.15) is 12.6 Å². The van der Waals surface area contributed by atoms with Gasteiger partial charge < -0.3 is 15.8 Å². The van der Waals surface area contributed by atoms with Crippen molar-refractivity contribution in [3.8, 4) is 5.75 Å².